The molecule has 2 fully saturated rings. The Morgan fingerprint density at radius 2 is 1.42 bits per heavy atom. The Morgan fingerprint density at radius 3 is 1.98 bits per heavy atom. The normalized spacial score (nSPS) is 24.2. The van der Waals surface area contributed by atoms with Crippen LogP contribution in [-0.4, -0.2) is 95.7 Å². The summed E-state index contributed by atoms with van der Waals surface area (Å²) in [6.07, 6.45) is -4.27. The van der Waals surface area contributed by atoms with Gasteiger partial charge in [0.05, 0.1) is 23.8 Å². The van der Waals surface area contributed by atoms with Gasteiger partial charge in [-0.05, 0) is 41.5 Å². The van der Waals surface area contributed by atoms with E-state index in [0.717, 1.165) is 12.1 Å². The number of esters is 2. The summed E-state index contributed by atoms with van der Waals surface area (Å²) in [7, 11) is -9.37. The van der Waals surface area contributed by atoms with Crippen molar-refractivity contribution >= 4 is 61.3 Å². The number of nitrogen functional groups attached to an aromatic ring is 2. The Balaban J connectivity index is 1.26. The Labute approximate surface area is 342 Å². The summed E-state index contributed by atoms with van der Waals surface area (Å²) in [5, 5.41) is 0. The third-order valence-electron chi connectivity index (χ3n) is 8.88. The zero-order chi connectivity index (χ0) is 43.8. The molecule has 0 spiro atoms. The van der Waals surface area contributed by atoms with Gasteiger partial charge in [0.2, 0.25) is 13.6 Å². The lowest BCUT2D eigenvalue weighted by atomic mass is 9.98. The maximum absolute atomic E-state index is 16.7. The van der Waals surface area contributed by atoms with Gasteiger partial charge in [-0.3, -0.25) is 41.4 Å². The third kappa shape index (κ3) is 9.66. The number of imidazole rings is 2. The molecule has 2 saturated heterocycles. The molecular formula is C34H45FN10O13P2. The number of nitrogens with two attached hydrogens (primary N) is 2. The molecule has 2 aliphatic heterocycles. The van der Waals surface area contributed by atoms with Gasteiger partial charge in [-0.1, -0.05) is 13.2 Å². The van der Waals surface area contributed by atoms with Gasteiger partial charge in [-0.2, -0.15) is 0 Å². The van der Waals surface area contributed by atoms with E-state index >= 15 is 4.39 Å². The molecule has 8 atom stereocenters. The first kappa shape index (κ1) is 44.6. The maximum atomic E-state index is 16.7. The maximum Gasteiger partial charge on any atom is 0.478 e. The van der Waals surface area contributed by atoms with Gasteiger partial charge in [-0.15, -0.1) is 0 Å². The van der Waals surface area contributed by atoms with E-state index in [2.05, 4.69) is 43.1 Å². The number of carbonyl (C=O) groups excluding carboxylic acids is 2. The van der Waals surface area contributed by atoms with Crippen LogP contribution in [0.3, 0.4) is 0 Å². The van der Waals surface area contributed by atoms with Crippen LogP contribution < -0.4 is 11.5 Å². The Hall–Kier alpha value is -4.93. The molecule has 0 amide bonds. The first-order valence-corrected chi connectivity index (χ1v) is 21.2. The lowest BCUT2D eigenvalue weighted by Crippen LogP contribution is -2.34. The van der Waals surface area contributed by atoms with E-state index in [-0.39, 0.29) is 35.0 Å². The van der Waals surface area contributed by atoms with E-state index in [9.17, 15) is 18.7 Å². The largest absolute Gasteiger partial charge is 0.478 e. The molecule has 0 aromatic carbocycles. The van der Waals surface area contributed by atoms with Crippen molar-refractivity contribution in [2.24, 2.45) is 10.8 Å². The van der Waals surface area contributed by atoms with Gasteiger partial charge in [0.1, 0.15) is 54.1 Å². The summed E-state index contributed by atoms with van der Waals surface area (Å²) in [5.74, 6) is -0.495. The summed E-state index contributed by atoms with van der Waals surface area (Å²) in [4.78, 5) is 49.5. The monoisotopic (exact) mass is 882 g/mol. The fraction of sp³-hybridized carbons (Fsp3) is 0.529. The molecule has 2 unspecified atom stereocenters. The topological polar surface area (TPSA) is 291 Å². The quantitative estimate of drug-likeness (QED) is 0.0863. The number of aromatic nitrogens is 8. The number of rotatable bonds is 16. The van der Waals surface area contributed by atoms with Crippen molar-refractivity contribution in [1.29, 1.82) is 0 Å². The molecule has 4 N–H and O–H groups in total. The van der Waals surface area contributed by atoms with Crippen LogP contribution in [0.15, 0.2) is 50.0 Å². The number of fused-ring (bicyclic) bond motifs is 2. The Bertz CT molecular complexity index is 2370. The van der Waals surface area contributed by atoms with Crippen molar-refractivity contribution in [2.75, 3.05) is 31.7 Å². The molecule has 326 valence electrons. The number of alkyl halides is 1. The van der Waals surface area contributed by atoms with Crippen LogP contribution in [0.25, 0.3) is 22.3 Å². The zero-order valence-electron chi connectivity index (χ0n) is 33.4. The van der Waals surface area contributed by atoms with Crippen molar-refractivity contribution in [3.63, 3.8) is 0 Å². The average Bonchev–Trinajstić information content (AvgIpc) is 3.96. The van der Waals surface area contributed by atoms with Crippen LogP contribution in [0, 0.1) is 10.8 Å². The lowest BCUT2D eigenvalue weighted by Gasteiger charge is -2.26. The Kier molecular flexibility index (Phi) is 12.8. The molecule has 6 rings (SSSR count). The highest BCUT2D eigenvalue weighted by molar-refractivity contribution is 7.57. The number of nitrogens with zero attached hydrogens (tertiary/aromatic N) is 8. The van der Waals surface area contributed by atoms with Crippen molar-refractivity contribution in [1.82, 2.24) is 39.0 Å². The van der Waals surface area contributed by atoms with Gasteiger partial charge in [0, 0.05) is 12.2 Å². The first-order valence-electron chi connectivity index (χ1n) is 18.1. The summed E-state index contributed by atoms with van der Waals surface area (Å²) in [6, 6.07) is 0. The second-order valence-electron chi connectivity index (χ2n) is 15.4. The van der Waals surface area contributed by atoms with E-state index in [0.29, 0.717) is 11.2 Å². The van der Waals surface area contributed by atoms with Crippen LogP contribution in [0.1, 0.15) is 60.4 Å². The third-order valence-corrected chi connectivity index (χ3v) is 11.7. The van der Waals surface area contributed by atoms with Gasteiger partial charge >= 0.3 is 27.4 Å². The molecule has 4 aromatic rings. The number of phosphoric ester groups is 1. The van der Waals surface area contributed by atoms with Crippen LogP contribution in [0.2, 0.25) is 0 Å². The number of hydrogen-bond donors (Lipinski definition) is 2. The fourth-order valence-corrected chi connectivity index (χ4v) is 7.91. The minimum absolute atomic E-state index is 0.00468. The summed E-state index contributed by atoms with van der Waals surface area (Å²) < 4.78 is 98.1. The van der Waals surface area contributed by atoms with Crippen LogP contribution >= 0.6 is 15.4 Å². The molecule has 4 aromatic heterocycles. The smallest absolute Gasteiger partial charge is 0.472 e. The standard InChI is InChI=1S/C34H45FN10O13P2/c1-9-59(48,53-16-50-31(46)33(3,4)5)58-25-20(56-30(22(25)35)45-15-43-24-27(37)39-13-41-29(24)45)11-52-60(49,54-17-51-32(47)34(6,7)8)57-19-10-21(55-18(19)2)44-14-42-23-26(36)38-12-40-28(23)44/h9,12-15,19-22,25,30H,1-2,10-11,16-17H2,3-8H3,(H2,36,38,40)(H2,37,39,41)/t19-,20+,21+,22+,25+,30+,59?,60?/m0/s1. The number of phosphoric acid groups is 1. The lowest BCUT2D eigenvalue weighted by molar-refractivity contribution is -0.161. The van der Waals surface area contributed by atoms with Gasteiger partial charge < -0.3 is 30.4 Å². The highest BCUT2D eigenvalue weighted by atomic mass is 31.2. The molecule has 0 bridgehead atoms. The predicted octanol–water partition coefficient (Wildman–Crippen LogP) is 4.86. The number of hydrogen-bond acceptors (Lipinski definition) is 21. The molecule has 0 aliphatic carbocycles. The van der Waals surface area contributed by atoms with Gasteiger partial charge in [0.15, 0.2) is 41.6 Å². The second kappa shape index (κ2) is 17.2. The van der Waals surface area contributed by atoms with Crippen molar-refractivity contribution < 1.29 is 64.7 Å². The second-order valence-corrected chi connectivity index (χ2v) is 19.0. The fourth-order valence-electron chi connectivity index (χ4n) is 5.65. The van der Waals surface area contributed by atoms with Crippen molar-refractivity contribution in [3.05, 3.63) is 50.0 Å². The summed E-state index contributed by atoms with van der Waals surface area (Å²) in [5.41, 5.74) is 10.8. The van der Waals surface area contributed by atoms with E-state index in [1.807, 2.05) is 0 Å². The minimum Gasteiger partial charge on any atom is -0.472 e. The molecule has 23 nitrogen and oxygen atoms in total. The van der Waals surface area contributed by atoms with Gasteiger partial charge in [0.25, 0.3) is 0 Å². The number of anilines is 2. The molecule has 6 heterocycles. The van der Waals surface area contributed by atoms with E-state index in [4.69, 9.17) is 53.0 Å². The summed E-state index contributed by atoms with van der Waals surface area (Å²) in [6.45, 7) is 14.3. The van der Waals surface area contributed by atoms with Crippen LogP contribution in [-0.2, 0) is 60.3 Å². The first-order chi connectivity index (χ1) is 28.1. The minimum atomic E-state index is -4.88. The molecule has 2 aliphatic rings. The number of carbonyl (C=O) groups is 2. The highest BCUT2D eigenvalue weighted by Gasteiger charge is 2.52. The Morgan fingerprint density at radius 1 is 0.867 bits per heavy atom. The SMILES string of the molecule is C=CP(=O)(OCOC(=O)C(C)(C)C)O[C@H]1[C@@H](F)[C@H](n2cnc3c(N)ncnc32)O[C@@H]1COP(=O)(OCOC(=O)C(C)(C)C)O[C@H]1C[C@H](n2cnc3c(N)ncnc32)OC1=C. The molecular weight excluding hydrogens is 837 g/mol. The van der Waals surface area contributed by atoms with Gasteiger partial charge in [-0.25, -0.2) is 43.4 Å². The summed E-state index contributed by atoms with van der Waals surface area (Å²) >= 11 is 0. The molecule has 60 heavy (non-hydrogen) atoms. The highest BCUT2D eigenvalue weighted by Crippen LogP contribution is 2.56. The number of halogens is 1. The zero-order valence-corrected chi connectivity index (χ0v) is 35.2. The van der Waals surface area contributed by atoms with E-state index in [1.165, 1.54) is 28.1 Å². The van der Waals surface area contributed by atoms with E-state index in [1.54, 1.807) is 41.5 Å². The molecule has 0 saturated carbocycles. The van der Waals surface area contributed by atoms with Crippen molar-refractivity contribution in [2.45, 2.75) is 84.9 Å². The average molecular weight is 883 g/mol. The van der Waals surface area contributed by atoms with Crippen molar-refractivity contribution in [3.8, 4) is 0 Å². The predicted molar refractivity (Wildman–Crippen MR) is 206 cm³/mol. The van der Waals surface area contributed by atoms with E-state index < -0.39 is 95.3 Å². The van der Waals surface area contributed by atoms with Crippen LogP contribution in [0.4, 0.5) is 16.0 Å². The number of ether oxygens (including phenoxy) is 4. The van der Waals surface area contributed by atoms with Crippen LogP contribution in [0.5, 0.6) is 0 Å². The molecule has 0 radical (unpaired) electrons. The molecule has 26 heteroatoms.